The van der Waals surface area contributed by atoms with E-state index in [0.717, 1.165) is 5.75 Å². The van der Waals surface area contributed by atoms with Crippen molar-refractivity contribution in [1.29, 1.82) is 0 Å². The zero-order valence-electron chi connectivity index (χ0n) is 8.22. The second kappa shape index (κ2) is 5.93. The predicted octanol–water partition coefficient (Wildman–Crippen LogP) is 1.29. The number of hydrogen-bond donors (Lipinski definition) is 2. The number of nitrogens with two attached hydrogens (primary N) is 1. The maximum atomic E-state index is 12.0. The van der Waals surface area contributed by atoms with Crippen LogP contribution in [-0.4, -0.2) is 36.4 Å². The highest BCUT2D eigenvalue weighted by molar-refractivity contribution is 7.99. The fourth-order valence-electron chi connectivity index (χ4n) is 1.43. The number of hydrazine groups is 1. The lowest BCUT2D eigenvalue weighted by atomic mass is 10.1. The number of ether oxygens (including phenoxy) is 1. The molecule has 3 nitrogen and oxygen atoms in total. The molecule has 1 heterocycles. The molecule has 90 valence electrons. The van der Waals surface area contributed by atoms with Crippen LogP contribution in [-0.2, 0) is 4.74 Å². The average molecular weight is 244 g/mol. The van der Waals surface area contributed by atoms with Gasteiger partial charge in [0.05, 0.1) is 12.7 Å². The van der Waals surface area contributed by atoms with Crippen LogP contribution >= 0.6 is 11.8 Å². The summed E-state index contributed by atoms with van der Waals surface area (Å²) in [7, 11) is 0. The second-order valence-corrected chi connectivity index (χ2v) is 4.56. The highest BCUT2D eigenvalue weighted by atomic mass is 32.2. The average Bonchev–Trinajstić information content (AvgIpc) is 2.19. The van der Waals surface area contributed by atoms with Gasteiger partial charge in [0.25, 0.3) is 0 Å². The van der Waals surface area contributed by atoms with Crippen molar-refractivity contribution in [3.05, 3.63) is 0 Å². The van der Waals surface area contributed by atoms with Crippen molar-refractivity contribution in [2.75, 3.05) is 18.1 Å². The fraction of sp³-hybridized carbons (Fsp3) is 1.00. The Bertz CT molecular complexity index is 185. The lowest BCUT2D eigenvalue weighted by molar-refractivity contribution is -0.138. The SMILES string of the molecule is NNC(CCC(F)(F)F)C1CSCCO1. The molecule has 1 saturated heterocycles. The van der Waals surface area contributed by atoms with E-state index in [4.69, 9.17) is 10.6 Å². The van der Waals surface area contributed by atoms with Crippen LogP contribution in [0.4, 0.5) is 13.2 Å². The van der Waals surface area contributed by atoms with Gasteiger partial charge in [0.2, 0.25) is 0 Å². The minimum atomic E-state index is -4.13. The molecule has 1 fully saturated rings. The Labute approximate surface area is 90.9 Å². The highest BCUT2D eigenvalue weighted by Crippen LogP contribution is 2.25. The van der Waals surface area contributed by atoms with Crippen molar-refractivity contribution in [2.24, 2.45) is 5.84 Å². The number of rotatable bonds is 4. The van der Waals surface area contributed by atoms with Crippen LogP contribution in [0.15, 0.2) is 0 Å². The minimum absolute atomic E-state index is 0.0365. The first-order valence-corrected chi connectivity index (χ1v) is 5.90. The van der Waals surface area contributed by atoms with E-state index < -0.39 is 18.6 Å². The lowest BCUT2D eigenvalue weighted by Gasteiger charge is -2.29. The summed E-state index contributed by atoms with van der Waals surface area (Å²) in [6, 6.07) is -0.417. The van der Waals surface area contributed by atoms with E-state index in [1.54, 1.807) is 11.8 Å². The quantitative estimate of drug-likeness (QED) is 0.578. The molecule has 2 atom stereocenters. The van der Waals surface area contributed by atoms with Crippen molar-refractivity contribution in [1.82, 2.24) is 5.43 Å². The molecule has 0 amide bonds. The molecule has 0 aliphatic carbocycles. The topological polar surface area (TPSA) is 47.3 Å². The fourth-order valence-corrected chi connectivity index (χ4v) is 2.38. The van der Waals surface area contributed by atoms with Crippen LogP contribution in [0.25, 0.3) is 0 Å². The molecule has 0 radical (unpaired) electrons. The first kappa shape index (κ1) is 13.1. The molecule has 0 saturated carbocycles. The standard InChI is InChI=1S/C8H15F3N2OS/c9-8(10,11)2-1-6(13-12)7-5-15-4-3-14-7/h6-7,13H,1-5,12H2. The minimum Gasteiger partial charge on any atom is -0.375 e. The van der Waals surface area contributed by atoms with Crippen LogP contribution in [0.3, 0.4) is 0 Å². The summed E-state index contributed by atoms with van der Waals surface area (Å²) in [6.07, 6.45) is -5.20. The van der Waals surface area contributed by atoms with E-state index in [1.807, 2.05) is 0 Å². The van der Waals surface area contributed by atoms with Gasteiger partial charge in [-0.2, -0.15) is 24.9 Å². The largest absolute Gasteiger partial charge is 0.389 e. The molecule has 3 N–H and O–H groups in total. The van der Waals surface area contributed by atoms with Gasteiger partial charge in [-0.25, -0.2) is 0 Å². The Balaban J connectivity index is 2.34. The molecule has 0 spiro atoms. The lowest BCUT2D eigenvalue weighted by Crippen LogP contribution is -2.48. The Morgan fingerprint density at radius 1 is 1.53 bits per heavy atom. The number of hydrogen-bond acceptors (Lipinski definition) is 4. The van der Waals surface area contributed by atoms with Gasteiger partial charge in [-0.15, -0.1) is 0 Å². The summed E-state index contributed by atoms with van der Waals surface area (Å²) >= 11 is 1.68. The van der Waals surface area contributed by atoms with Gasteiger partial charge < -0.3 is 4.74 Å². The zero-order chi connectivity index (χ0) is 11.3. The molecule has 7 heteroatoms. The number of nitrogens with one attached hydrogen (secondary N) is 1. The molecular formula is C8H15F3N2OS. The number of thioether (sulfide) groups is 1. The zero-order valence-corrected chi connectivity index (χ0v) is 9.03. The third-order valence-electron chi connectivity index (χ3n) is 2.24. The van der Waals surface area contributed by atoms with Gasteiger partial charge in [0, 0.05) is 24.0 Å². The van der Waals surface area contributed by atoms with Crippen molar-refractivity contribution in [3.63, 3.8) is 0 Å². The van der Waals surface area contributed by atoms with Crippen LogP contribution in [0.5, 0.6) is 0 Å². The van der Waals surface area contributed by atoms with Gasteiger partial charge in [-0.1, -0.05) is 0 Å². The van der Waals surface area contributed by atoms with E-state index >= 15 is 0 Å². The molecule has 0 bridgehead atoms. The Hall–Kier alpha value is 0.0200. The second-order valence-electron chi connectivity index (χ2n) is 3.41. The molecule has 1 aliphatic heterocycles. The van der Waals surface area contributed by atoms with E-state index in [2.05, 4.69) is 5.43 Å². The summed E-state index contributed by atoms with van der Waals surface area (Å²) in [5, 5.41) is 0. The van der Waals surface area contributed by atoms with Gasteiger partial charge in [0.1, 0.15) is 0 Å². The van der Waals surface area contributed by atoms with Crippen LogP contribution in [0, 0.1) is 0 Å². The monoisotopic (exact) mass is 244 g/mol. The molecule has 15 heavy (non-hydrogen) atoms. The highest BCUT2D eigenvalue weighted by Gasteiger charge is 2.31. The summed E-state index contributed by atoms with van der Waals surface area (Å²) in [6.45, 7) is 0.583. The summed E-state index contributed by atoms with van der Waals surface area (Å²) in [4.78, 5) is 0. The van der Waals surface area contributed by atoms with Crippen molar-refractivity contribution >= 4 is 11.8 Å². The third-order valence-corrected chi connectivity index (χ3v) is 3.26. The van der Waals surface area contributed by atoms with E-state index in [1.165, 1.54) is 0 Å². The van der Waals surface area contributed by atoms with E-state index in [0.29, 0.717) is 12.4 Å². The molecule has 1 rings (SSSR count). The Kier molecular flexibility index (Phi) is 5.17. The van der Waals surface area contributed by atoms with Crippen LogP contribution < -0.4 is 11.3 Å². The molecule has 0 aromatic heterocycles. The van der Waals surface area contributed by atoms with Gasteiger partial charge in [0.15, 0.2) is 0 Å². The van der Waals surface area contributed by atoms with E-state index in [-0.39, 0.29) is 12.5 Å². The van der Waals surface area contributed by atoms with Crippen molar-refractivity contribution in [2.45, 2.75) is 31.2 Å². The normalized spacial score (nSPS) is 25.2. The molecule has 0 aromatic carbocycles. The third kappa shape index (κ3) is 5.05. The van der Waals surface area contributed by atoms with Gasteiger partial charge >= 0.3 is 6.18 Å². The predicted molar refractivity (Wildman–Crippen MR) is 53.5 cm³/mol. The smallest absolute Gasteiger partial charge is 0.375 e. The summed E-state index contributed by atoms with van der Waals surface area (Å²) in [5.74, 6) is 6.82. The maximum Gasteiger partial charge on any atom is 0.389 e. The Morgan fingerprint density at radius 2 is 2.27 bits per heavy atom. The summed E-state index contributed by atoms with van der Waals surface area (Å²) in [5.41, 5.74) is 2.41. The van der Waals surface area contributed by atoms with Crippen molar-refractivity contribution in [3.8, 4) is 0 Å². The molecule has 1 aliphatic rings. The van der Waals surface area contributed by atoms with E-state index in [9.17, 15) is 13.2 Å². The molecule has 2 unspecified atom stereocenters. The first-order chi connectivity index (χ1) is 7.03. The number of halogens is 3. The number of alkyl halides is 3. The maximum absolute atomic E-state index is 12.0. The summed E-state index contributed by atoms with van der Waals surface area (Å²) < 4.78 is 41.4. The Morgan fingerprint density at radius 3 is 2.73 bits per heavy atom. The van der Waals surface area contributed by atoms with Crippen molar-refractivity contribution < 1.29 is 17.9 Å². The van der Waals surface area contributed by atoms with Crippen LogP contribution in [0.1, 0.15) is 12.8 Å². The molecule has 0 aromatic rings. The molecular weight excluding hydrogens is 229 g/mol. The van der Waals surface area contributed by atoms with Gasteiger partial charge in [-0.05, 0) is 6.42 Å². The van der Waals surface area contributed by atoms with Crippen LogP contribution in [0.2, 0.25) is 0 Å². The first-order valence-electron chi connectivity index (χ1n) is 4.75. The van der Waals surface area contributed by atoms with Gasteiger partial charge in [-0.3, -0.25) is 11.3 Å².